The van der Waals surface area contributed by atoms with Crippen molar-refractivity contribution in [2.75, 3.05) is 0 Å². The first-order valence-electron chi connectivity index (χ1n) is 8.27. The summed E-state index contributed by atoms with van der Waals surface area (Å²) in [6.07, 6.45) is 2.11. The number of nitro benzene ring substituents is 1. The van der Waals surface area contributed by atoms with Crippen molar-refractivity contribution >= 4 is 11.5 Å². The van der Waals surface area contributed by atoms with Crippen molar-refractivity contribution in [3.8, 4) is 11.6 Å². The summed E-state index contributed by atoms with van der Waals surface area (Å²) >= 11 is 0. The zero-order valence-electron chi connectivity index (χ0n) is 14.3. The summed E-state index contributed by atoms with van der Waals surface area (Å²) in [5.74, 6) is 1.04. The van der Waals surface area contributed by atoms with E-state index in [1.807, 2.05) is 0 Å². The lowest BCUT2D eigenvalue weighted by molar-refractivity contribution is -0.384. The van der Waals surface area contributed by atoms with Gasteiger partial charge in [-0.05, 0) is 32.3 Å². The smallest absolute Gasteiger partial charge is 0.270 e. The van der Waals surface area contributed by atoms with E-state index in [0.717, 1.165) is 12.8 Å². The summed E-state index contributed by atoms with van der Waals surface area (Å²) < 4.78 is 5.72. The number of rotatable bonds is 5. The molecular formula is C18H16N4O4. The van der Waals surface area contributed by atoms with E-state index in [0.29, 0.717) is 40.2 Å². The molecular weight excluding hydrogens is 336 g/mol. The Balaban J connectivity index is 1.72. The number of nitrogens with one attached hydrogen (secondary N) is 1. The second kappa shape index (κ2) is 5.91. The summed E-state index contributed by atoms with van der Waals surface area (Å²) in [4.78, 5) is 26.5. The second-order valence-electron chi connectivity index (χ2n) is 6.48. The van der Waals surface area contributed by atoms with Crippen molar-refractivity contribution in [1.82, 2.24) is 15.2 Å². The summed E-state index contributed by atoms with van der Waals surface area (Å²) in [5, 5.41) is 19.1. The van der Waals surface area contributed by atoms with Gasteiger partial charge in [-0.3, -0.25) is 14.9 Å². The SMILES string of the molecule is Cc1[nH]c(-c2nnc(C3CC3)o2)c(C)c1C(=O)c1cccc([N+](=O)[O-])c1. The van der Waals surface area contributed by atoms with Crippen LogP contribution in [0.3, 0.4) is 0 Å². The Morgan fingerprint density at radius 1 is 1.31 bits per heavy atom. The topological polar surface area (TPSA) is 115 Å². The summed E-state index contributed by atoms with van der Waals surface area (Å²) in [5.41, 5.74) is 2.56. The zero-order valence-corrected chi connectivity index (χ0v) is 14.3. The molecule has 4 rings (SSSR count). The number of nitrogens with zero attached hydrogens (tertiary/aromatic N) is 3. The van der Waals surface area contributed by atoms with Crippen LogP contribution in [0.25, 0.3) is 11.6 Å². The standard InChI is InChI=1S/C18H16N4O4/c1-9-14(16(23)12-4-3-5-13(8-12)22(24)25)10(2)19-15(9)18-21-20-17(26-18)11-6-7-11/h3-5,8,11,19H,6-7H2,1-2H3. The lowest BCUT2D eigenvalue weighted by Crippen LogP contribution is -2.04. The highest BCUT2D eigenvalue weighted by molar-refractivity contribution is 6.11. The number of carbonyl (C=O) groups is 1. The molecule has 0 spiro atoms. The molecule has 1 aliphatic rings. The number of aromatic nitrogens is 3. The fourth-order valence-electron chi connectivity index (χ4n) is 3.04. The first-order chi connectivity index (χ1) is 12.5. The van der Waals surface area contributed by atoms with Crippen molar-refractivity contribution in [2.45, 2.75) is 32.6 Å². The summed E-state index contributed by atoms with van der Waals surface area (Å²) in [6.45, 7) is 3.57. The van der Waals surface area contributed by atoms with Crippen LogP contribution in [0.1, 0.15) is 51.8 Å². The number of aromatic amines is 1. The molecule has 3 aromatic rings. The van der Waals surface area contributed by atoms with E-state index >= 15 is 0 Å². The minimum atomic E-state index is -0.517. The highest BCUT2D eigenvalue weighted by Crippen LogP contribution is 2.40. The Labute approximate surface area is 148 Å². The fraction of sp³-hybridized carbons (Fsp3) is 0.278. The van der Waals surface area contributed by atoms with E-state index in [2.05, 4.69) is 15.2 Å². The van der Waals surface area contributed by atoms with Crippen LogP contribution in [0.2, 0.25) is 0 Å². The molecule has 1 saturated carbocycles. The van der Waals surface area contributed by atoms with E-state index in [-0.39, 0.29) is 17.0 Å². The van der Waals surface area contributed by atoms with Gasteiger partial charge in [0.2, 0.25) is 5.89 Å². The quantitative estimate of drug-likeness (QED) is 0.425. The monoisotopic (exact) mass is 352 g/mol. The number of non-ortho nitro benzene ring substituents is 1. The van der Waals surface area contributed by atoms with Gasteiger partial charge in [0.05, 0.1) is 4.92 Å². The maximum Gasteiger partial charge on any atom is 0.270 e. The number of nitro groups is 1. The molecule has 0 bridgehead atoms. The Hall–Kier alpha value is -3.29. The number of H-pyrrole nitrogens is 1. The third kappa shape index (κ3) is 2.69. The fourth-order valence-corrected chi connectivity index (χ4v) is 3.04. The van der Waals surface area contributed by atoms with Crippen LogP contribution >= 0.6 is 0 Å². The van der Waals surface area contributed by atoms with E-state index in [1.54, 1.807) is 19.9 Å². The van der Waals surface area contributed by atoms with Crippen LogP contribution in [0.4, 0.5) is 5.69 Å². The van der Waals surface area contributed by atoms with Gasteiger partial charge in [0, 0.05) is 34.9 Å². The molecule has 1 aliphatic carbocycles. The van der Waals surface area contributed by atoms with Gasteiger partial charge >= 0.3 is 0 Å². The molecule has 2 aromatic heterocycles. The Kier molecular flexibility index (Phi) is 3.68. The number of carbonyl (C=O) groups excluding carboxylic acids is 1. The summed E-state index contributed by atoms with van der Waals surface area (Å²) in [6, 6.07) is 5.71. The van der Waals surface area contributed by atoms with Gasteiger partial charge in [0.15, 0.2) is 5.78 Å². The highest BCUT2D eigenvalue weighted by Gasteiger charge is 2.30. The molecule has 8 heteroatoms. The zero-order chi connectivity index (χ0) is 18.4. The molecule has 0 radical (unpaired) electrons. The molecule has 1 N–H and O–H groups in total. The molecule has 8 nitrogen and oxygen atoms in total. The first kappa shape index (κ1) is 16.2. The van der Waals surface area contributed by atoms with E-state index in [4.69, 9.17) is 4.42 Å². The largest absolute Gasteiger partial charge is 0.419 e. The van der Waals surface area contributed by atoms with Crippen molar-refractivity contribution in [2.24, 2.45) is 0 Å². The van der Waals surface area contributed by atoms with Crippen LogP contribution < -0.4 is 0 Å². The number of aryl methyl sites for hydroxylation is 1. The van der Waals surface area contributed by atoms with Crippen LogP contribution in [-0.2, 0) is 0 Å². The minimum Gasteiger partial charge on any atom is -0.419 e. The van der Waals surface area contributed by atoms with Crippen LogP contribution in [0.15, 0.2) is 28.7 Å². The van der Waals surface area contributed by atoms with Gasteiger partial charge in [-0.25, -0.2) is 0 Å². The van der Waals surface area contributed by atoms with Crippen molar-refractivity contribution in [1.29, 1.82) is 0 Å². The number of hydrogen-bond acceptors (Lipinski definition) is 6. The summed E-state index contributed by atoms with van der Waals surface area (Å²) in [7, 11) is 0. The van der Waals surface area contributed by atoms with Crippen LogP contribution in [-0.4, -0.2) is 25.9 Å². The van der Waals surface area contributed by atoms with Gasteiger partial charge < -0.3 is 9.40 Å². The Morgan fingerprint density at radius 2 is 2.08 bits per heavy atom. The number of benzene rings is 1. The van der Waals surface area contributed by atoms with Crippen LogP contribution in [0.5, 0.6) is 0 Å². The predicted molar refractivity (Wildman–Crippen MR) is 92.1 cm³/mol. The molecule has 26 heavy (non-hydrogen) atoms. The van der Waals surface area contributed by atoms with E-state index in [9.17, 15) is 14.9 Å². The number of hydrogen-bond donors (Lipinski definition) is 1. The molecule has 0 saturated heterocycles. The van der Waals surface area contributed by atoms with Gasteiger partial charge in [-0.1, -0.05) is 12.1 Å². The van der Waals surface area contributed by atoms with Crippen molar-refractivity contribution < 1.29 is 14.1 Å². The first-order valence-corrected chi connectivity index (χ1v) is 8.27. The molecule has 2 heterocycles. The third-order valence-electron chi connectivity index (χ3n) is 4.56. The van der Waals surface area contributed by atoms with Gasteiger partial charge in [0.25, 0.3) is 11.6 Å². The number of ketones is 1. The lowest BCUT2D eigenvalue weighted by Gasteiger charge is -2.02. The van der Waals surface area contributed by atoms with Crippen LogP contribution in [0, 0.1) is 24.0 Å². The second-order valence-corrected chi connectivity index (χ2v) is 6.48. The van der Waals surface area contributed by atoms with Crippen molar-refractivity contribution in [3.05, 3.63) is 62.7 Å². The average Bonchev–Trinajstić information content (AvgIpc) is 3.29. The Morgan fingerprint density at radius 3 is 2.77 bits per heavy atom. The third-order valence-corrected chi connectivity index (χ3v) is 4.56. The maximum absolute atomic E-state index is 12.9. The molecule has 0 aliphatic heterocycles. The molecule has 0 amide bonds. The van der Waals surface area contributed by atoms with Crippen molar-refractivity contribution in [3.63, 3.8) is 0 Å². The predicted octanol–water partition coefficient (Wildman–Crippen LogP) is 3.70. The minimum absolute atomic E-state index is 0.118. The molecule has 1 fully saturated rings. The molecule has 0 unspecified atom stereocenters. The van der Waals surface area contributed by atoms with E-state index in [1.165, 1.54) is 18.2 Å². The highest BCUT2D eigenvalue weighted by atomic mass is 16.6. The molecule has 132 valence electrons. The van der Waals surface area contributed by atoms with Gasteiger partial charge in [-0.15, -0.1) is 10.2 Å². The normalized spacial score (nSPS) is 13.8. The van der Waals surface area contributed by atoms with Gasteiger partial charge in [-0.2, -0.15) is 0 Å². The average molecular weight is 352 g/mol. The van der Waals surface area contributed by atoms with Gasteiger partial charge in [0.1, 0.15) is 5.69 Å². The lowest BCUT2D eigenvalue weighted by atomic mass is 9.99. The van der Waals surface area contributed by atoms with E-state index < -0.39 is 4.92 Å². The molecule has 1 aromatic carbocycles. The Bertz CT molecular complexity index is 1030. The molecule has 0 atom stereocenters. The maximum atomic E-state index is 12.9.